The molecule has 2 aliphatic heterocycles. The van der Waals surface area contributed by atoms with E-state index in [1.165, 1.54) is 11.3 Å². The summed E-state index contributed by atoms with van der Waals surface area (Å²) in [5.41, 5.74) is 1.54. The zero-order valence-corrected chi connectivity index (χ0v) is 20.4. The summed E-state index contributed by atoms with van der Waals surface area (Å²) in [6, 6.07) is 16.7. The lowest BCUT2D eigenvalue weighted by Gasteiger charge is -2.39. The molecular formula is C25H21ClN2O4S2. The average molecular weight is 513 g/mol. The quantitative estimate of drug-likeness (QED) is 0.498. The number of thiophene rings is 1. The Kier molecular flexibility index (Phi) is 6.40. The molecule has 1 atom stereocenters. The third-order valence-corrected chi connectivity index (χ3v) is 8.27. The van der Waals surface area contributed by atoms with Crippen molar-refractivity contribution in [3.05, 3.63) is 92.2 Å². The summed E-state index contributed by atoms with van der Waals surface area (Å²) < 4.78 is 5.22. The van der Waals surface area contributed by atoms with Crippen LogP contribution in [0.4, 0.5) is 5.69 Å². The molecule has 9 heteroatoms. The first-order chi connectivity index (χ1) is 16.5. The number of thioether (sulfide) groups is 1. The molecule has 1 aromatic heterocycles. The Balaban J connectivity index is 1.50. The molecule has 3 aromatic rings. The number of morpholine rings is 1. The molecule has 2 N–H and O–H groups in total. The van der Waals surface area contributed by atoms with Gasteiger partial charge in [0.05, 0.1) is 17.2 Å². The maximum atomic E-state index is 13.3. The molecule has 174 valence electrons. The van der Waals surface area contributed by atoms with Crippen LogP contribution >= 0.6 is 34.7 Å². The van der Waals surface area contributed by atoms with Gasteiger partial charge in [0.2, 0.25) is 0 Å². The summed E-state index contributed by atoms with van der Waals surface area (Å²) in [6.45, 7) is 1.06. The number of nitrogens with zero attached hydrogens (tertiary/aromatic N) is 1. The van der Waals surface area contributed by atoms with Crippen LogP contribution in [0.3, 0.4) is 0 Å². The zero-order chi connectivity index (χ0) is 23.7. The largest absolute Gasteiger partial charge is 0.511 e. The average Bonchev–Trinajstić information content (AvgIpc) is 3.39. The smallest absolute Gasteiger partial charge is 0.262 e. The summed E-state index contributed by atoms with van der Waals surface area (Å²) in [5, 5.41) is 18.7. The lowest BCUT2D eigenvalue weighted by Crippen LogP contribution is -2.50. The van der Waals surface area contributed by atoms with Crippen molar-refractivity contribution in [2.45, 2.75) is 16.9 Å². The number of hydrogen-bond donors (Lipinski definition) is 2. The van der Waals surface area contributed by atoms with Crippen LogP contribution in [-0.2, 0) is 19.9 Å². The van der Waals surface area contributed by atoms with E-state index in [0.29, 0.717) is 23.1 Å². The third-order valence-electron chi connectivity index (χ3n) is 5.95. The Labute approximate surface area is 210 Å². The van der Waals surface area contributed by atoms with Gasteiger partial charge in [-0.2, -0.15) is 11.3 Å². The van der Waals surface area contributed by atoms with Crippen LogP contribution in [0, 0.1) is 0 Å². The second kappa shape index (κ2) is 9.46. The molecule has 0 saturated carbocycles. The van der Waals surface area contributed by atoms with Crippen molar-refractivity contribution in [2.24, 2.45) is 0 Å². The van der Waals surface area contributed by atoms with E-state index in [1.54, 1.807) is 11.0 Å². The molecule has 0 spiro atoms. The number of nitrogens with one attached hydrogen (secondary N) is 1. The molecule has 1 saturated heterocycles. The second-order valence-corrected chi connectivity index (χ2v) is 10.2. The monoisotopic (exact) mass is 512 g/mol. The van der Waals surface area contributed by atoms with Crippen LogP contribution in [-0.4, -0.2) is 36.7 Å². The number of aliphatic hydroxyl groups excluding tert-OH is 1. The molecule has 1 fully saturated rings. The SMILES string of the molecule is O=C1NC(c2ccc(N3CCOCC3=O)cc2)(c2ccsc2)CC(O)=C1Sc1ccccc1Cl. The summed E-state index contributed by atoms with van der Waals surface area (Å²) >= 11 is 8.95. The number of hydrogen-bond acceptors (Lipinski definition) is 6. The van der Waals surface area contributed by atoms with E-state index < -0.39 is 5.54 Å². The molecule has 0 bridgehead atoms. The van der Waals surface area contributed by atoms with Gasteiger partial charge in [0.25, 0.3) is 11.8 Å². The van der Waals surface area contributed by atoms with Gasteiger partial charge in [-0.15, -0.1) is 0 Å². The molecule has 2 aromatic carbocycles. The summed E-state index contributed by atoms with van der Waals surface area (Å²) in [7, 11) is 0. The van der Waals surface area contributed by atoms with E-state index in [0.717, 1.165) is 28.6 Å². The van der Waals surface area contributed by atoms with Crippen molar-refractivity contribution >= 4 is 52.2 Å². The minimum atomic E-state index is -0.931. The topological polar surface area (TPSA) is 78.9 Å². The maximum absolute atomic E-state index is 13.3. The van der Waals surface area contributed by atoms with Gasteiger partial charge in [0.15, 0.2) is 0 Å². The van der Waals surface area contributed by atoms with Gasteiger partial charge in [0.1, 0.15) is 17.3 Å². The lowest BCUT2D eigenvalue weighted by atomic mass is 9.79. The zero-order valence-electron chi connectivity index (χ0n) is 18.0. The minimum Gasteiger partial charge on any atom is -0.511 e. The predicted molar refractivity (Wildman–Crippen MR) is 134 cm³/mol. The molecule has 34 heavy (non-hydrogen) atoms. The number of carbonyl (C=O) groups is 2. The van der Waals surface area contributed by atoms with Gasteiger partial charge in [-0.05, 0) is 52.2 Å². The first kappa shape index (κ1) is 23.0. The number of halogens is 1. The number of carbonyl (C=O) groups excluding carboxylic acids is 2. The first-order valence-electron chi connectivity index (χ1n) is 10.7. The number of benzene rings is 2. The number of rotatable bonds is 5. The first-order valence-corrected chi connectivity index (χ1v) is 12.8. The lowest BCUT2D eigenvalue weighted by molar-refractivity contribution is -0.125. The van der Waals surface area contributed by atoms with Crippen LogP contribution in [0.1, 0.15) is 17.5 Å². The van der Waals surface area contributed by atoms with Crippen LogP contribution < -0.4 is 10.2 Å². The Morgan fingerprint density at radius 2 is 1.88 bits per heavy atom. The Hall–Kier alpha value is -2.78. The summed E-state index contributed by atoms with van der Waals surface area (Å²) in [6.07, 6.45) is 0.193. The van der Waals surface area contributed by atoms with Gasteiger partial charge in [0, 0.05) is 23.5 Å². The minimum absolute atomic E-state index is 0.00676. The van der Waals surface area contributed by atoms with Crippen LogP contribution in [0.2, 0.25) is 5.02 Å². The number of ether oxygens (including phenoxy) is 1. The highest BCUT2D eigenvalue weighted by Crippen LogP contribution is 2.44. The van der Waals surface area contributed by atoms with Gasteiger partial charge in [-0.25, -0.2) is 0 Å². The van der Waals surface area contributed by atoms with E-state index in [9.17, 15) is 14.7 Å². The van der Waals surface area contributed by atoms with Crippen LogP contribution in [0.5, 0.6) is 0 Å². The molecule has 2 aliphatic rings. The summed E-state index contributed by atoms with van der Waals surface area (Å²) in [4.78, 5) is 28.1. The van der Waals surface area contributed by atoms with E-state index in [-0.39, 0.29) is 35.5 Å². The fourth-order valence-corrected chi connectivity index (χ4v) is 6.09. The number of anilines is 1. The fraction of sp³-hybridized carbons (Fsp3) is 0.200. The third kappa shape index (κ3) is 4.22. The van der Waals surface area contributed by atoms with Crippen LogP contribution in [0.25, 0.3) is 0 Å². The molecule has 0 radical (unpaired) electrons. The second-order valence-electron chi connectivity index (χ2n) is 8.00. The molecular weight excluding hydrogens is 492 g/mol. The molecule has 1 unspecified atom stereocenters. The van der Waals surface area contributed by atoms with E-state index >= 15 is 0 Å². The van der Waals surface area contributed by atoms with Crippen molar-refractivity contribution in [1.82, 2.24) is 5.32 Å². The Bertz CT molecular complexity index is 1260. The maximum Gasteiger partial charge on any atom is 0.262 e. The highest BCUT2D eigenvalue weighted by atomic mass is 35.5. The molecule has 3 heterocycles. The molecule has 2 amide bonds. The van der Waals surface area contributed by atoms with Gasteiger partial charge in [-0.3, -0.25) is 9.59 Å². The highest BCUT2D eigenvalue weighted by Gasteiger charge is 2.43. The van der Waals surface area contributed by atoms with E-state index in [2.05, 4.69) is 5.32 Å². The van der Waals surface area contributed by atoms with Crippen LogP contribution in [0.15, 0.2) is 80.9 Å². The van der Waals surface area contributed by atoms with Crippen molar-refractivity contribution in [2.75, 3.05) is 24.7 Å². The predicted octanol–water partition coefficient (Wildman–Crippen LogP) is 5.09. The molecule has 5 rings (SSSR count). The molecule has 6 nitrogen and oxygen atoms in total. The van der Waals surface area contributed by atoms with Crippen molar-refractivity contribution in [1.29, 1.82) is 0 Å². The number of amides is 2. The Morgan fingerprint density at radius 1 is 1.09 bits per heavy atom. The molecule has 0 aliphatic carbocycles. The van der Waals surface area contributed by atoms with Gasteiger partial charge >= 0.3 is 0 Å². The van der Waals surface area contributed by atoms with Crippen molar-refractivity contribution in [3.8, 4) is 0 Å². The fourth-order valence-electron chi connectivity index (χ4n) is 4.24. The standard InChI is InChI=1S/C25H21ClN2O4S2/c26-19-3-1-2-4-21(19)34-23-20(29)13-25(27-24(23)31,17-9-12-33-15-17)16-5-7-18(8-6-16)28-10-11-32-14-22(28)30/h1-9,12,15,29H,10-11,13-14H2,(H,27,31). The normalized spacial score (nSPS) is 21.0. The van der Waals surface area contributed by atoms with Gasteiger partial charge in [-0.1, -0.05) is 47.6 Å². The van der Waals surface area contributed by atoms with Gasteiger partial charge < -0.3 is 20.1 Å². The highest BCUT2D eigenvalue weighted by molar-refractivity contribution is 8.04. The summed E-state index contributed by atoms with van der Waals surface area (Å²) in [5.74, 6) is -0.445. The van der Waals surface area contributed by atoms with Crippen molar-refractivity contribution < 1.29 is 19.4 Å². The Morgan fingerprint density at radius 3 is 2.56 bits per heavy atom. The van der Waals surface area contributed by atoms with E-state index in [1.807, 2.05) is 59.3 Å². The van der Waals surface area contributed by atoms with E-state index in [4.69, 9.17) is 16.3 Å². The number of aliphatic hydroxyl groups is 1. The van der Waals surface area contributed by atoms with Crippen molar-refractivity contribution in [3.63, 3.8) is 0 Å².